The van der Waals surface area contributed by atoms with E-state index < -0.39 is 10.0 Å². The van der Waals surface area contributed by atoms with E-state index >= 15 is 0 Å². The van der Waals surface area contributed by atoms with Gasteiger partial charge in [-0.3, -0.25) is 4.90 Å². The molecule has 0 aromatic heterocycles. The van der Waals surface area contributed by atoms with E-state index in [2.05, 4.69) is 15.7 Å². The van der Waals surface area contributed by atoms with Crippen molar-refractivity contribution in [1.82, 2.24) is 9.62 Å². The second-order valence-electron chi connectivity index (χ2n) is 6.11. The van der Waals surface area contributed by atoms with Crippen LogP contribution in [0.2, 0.25) is 5.02 Å². The Morgan fingerprint density at radius 1 is 1.04 bits per heavy atom. The third-order valence-electron chi connectivity index (χ3n) is 4.26. The van der Waals surface area contributed by atoms with Crippen molar-refractivity contribution in [1.29, 1.82) is 0 Å². The molecule has 3 rings (SSSR count). The number of hydrogen-bond donors (Lipinski definition) is 1. The first-order valence-corrected chi connectivity index (χ1v) is 9.93. The van der Waals surface area contributed by atoms with Gasteiger partial charge in [0, 0.05) is 30.7 Å². The van der Waals surface area contributed by atoms with Gasteiger partial charge in [-0.05, 0) is 42.7 Å². The fraction of sp³-hybridized carbons (Fsp3) is 0.333. The molecule has 0 aliphatic carbocycles. The Labute approximate surface area is 148 Å². The fourth-order valence-electron chi connectivity index (χ4n) is 2.99. The molecule has 0 saturated carbocycles. The Balaban J connectivity index is 1.54. The first-order chi connectivity index (χ1) is 11.5. The largest absolute Gasteiger partial charge is 0.299 e. The molecule has 2 aromatic rings. The minimum absolute atomic E-state index is 0.00850. The summed E-state index contributed by atoms with van der Waals surface area (Å²) in [7, 11) is -3.43. The monoisotopic (exact) mass is 364 g/mol. The predicted molar refractivity (Wildman–Crippen MR) is 96.5 cm³/mol. The highest BCUT2D eigenvalue weighted by molar-refractivity contribution is 7.89. The molecular weight excluding hydrogens is 344 g/mol. The van der Waals surface area contributed by atoms with Gasteiger partial charge in [0.05, 0.1) is 4.90 Å². The molecule has 0 unspecified atom stereocenters. The second kappa shape index (κ2) is 7.66. The van der Waals surface area contributed by atoms with Crippen LogP contribution in [0, 0.1) is 0 Å². The lowest BCUT2D eigenvalue weighted by atomic mass is 10.1. The van der Waals surface area contributed by atoms with Crippen molar-refractivity contribution in [3.8, 4) is 0 Å². The number of nitrogens with one attached hydrogen (secondary N) is 1. The van der Waals surface area contributed by atoms with Gasteiger partial charge in [-0.25, -0.2) is 13.1 Å². The highest BCUT2D eigenvalue weighted by Crippen LogP contribution is 2.18. The maximum atomic E-state index is 12.4. The Hall–Kier alpha value is -1.40. The van der Waals surface area contributed by atoms with Crippen LogP contribution in [0.1, 0.15) is 18.4 Å². The van der Waals surface area contributed by atoms with Crippen LogP contribution in [0.5, 0.6) is 0 Å². The van der Waals surface area contributed by atoms with Crippen LogP contribution in [-0.2, 0) is 16.6 Å². The number of rotatable bonds is 5. The maximum Gasteiger partial charge on any atom is 0.240 e. The van der Waals surface area contributed by atoms with E-state index in [0.29, 0.717) is 4.90 Å². The number of halogens is 1. The van der Waals surface area contributed by atoms with Gasteiger partial charge in [-0.15, -0.1) is 0 Å². The van der Waals surface area contributed by atoms with Crippen LogP contribution in [0.25, 0.3) is 0 Å². The van der Waals surface area contributed by atoms with Gasteiger partial charge in [-0.2, -0.15) is 0 Å². The lowest BCUT2D eigenvalue weighted by molar-refractivity contribution is 0.200. The minimum atomic E-state index is -3.43. The summed E-state index contributed by atoms with van der Waals surface area (Å²) in [6, 6.07) is 16.4. The molecule has 1 heterocycles. The molecule has 0 amide bonds. The quantitative estimate of drug-likeness (QED) is 0.885. The summed E-state index contributed by atoms with van der Waals surface area (Å²) in [5, 5.41) is 0.748. The molecule has 0 spiro atoms. The van der Waals surface area contributed by atoms with Crippen LogP contribution in [0.4, 0.5) is 0 Å². The van der Waals surface area contributed by atoms with Crippen molar-refractivity contribution in [3.05, 3.63) is 65.2 Å². The Kier molecular flexibility index (Phi) is 5.56. The van der Waals surface area contributed by atoms with E-state index in [9.17, 15) is 8.42 Å². The summed E-state index contributed by atoms with van der Waals surface area (Å²) in [6.07, 6.45) is 1.62. The zero-order valence-electron chi connectivity index (χ0n) is 13.4. The van der Waals surface area contributed by atoms with E-state index in [1.54, 1.807) is 24.3 Å². The number of sulfonamides is 1. The summed E-state index contributed by atoms with van der Waals surface area (Å²) in [4.78, 5) is 2.66. The van der Waals surface area contributed by atoms with Crippen molar-refractivity contribution in [2.75, 3.05) is 13.1 Å². The summed E-state index contributed by atoms with van der Waals surface area (Å²) in [5.74, 6) is 0. The number of hydrogen-bond acceptors (Lipinski definition) is 3. The third kappa shape index (κ3) is 4.57. The molecular formula is C18H21ClN2O2S. The van der Waals surface area contributed by atoms with Crippen LogP contribution in [0.15, 0.2) is 59.5 Å². The Bertz CT molecular complexity index is 773. The summed E-state index contributed by atoms with van der Waals surface area (Å²) < 4.78 is 27.6. The van der Waals surface area contributed by atoms with E-state index in [1.165, 1.54) is 5.56 Å². The standard InChI is InChI=1S/C18H21ClN2O2S/c19-16-6-4-5-15(13-16)14-21-11-9-17(10-12-21)20-24(22,23)18-7-2-1-3-8-18/h1-8,13,17,20H,9-12,14H2. The first-order valence-electron chi connectivity index (χ1n) is 8.07. The SMILES string of the molecule is O=S(=O)(NC1CCN(Cc2cccc(Cl)c2)CC1)c1ccccc1. The van der Waals surface area contributed by atoms with Gasteiger partial charge < -0.3 is 0 Å². The molecule has 1 aliphatic heterocycles. The number of likely N-dealkylation sites (tertiary alicyclic amines) is 1. The van der Waals surface area contributed by atoms with Crippen molar-refractivity contribution < 1.29 is 8.42 Å². The lowest BCUT2D eigenvalue weighted by Crippen LogP contribution is -2.44. The van der Waals surface area contributed by atoms with Crippen molar-refractivity contribution in [3.63, 3.8) is 0 Å². The summed E-state index contributed by atoms with van der Waals surface area (Å²) >= 11 is 6.02. The van der Waals surface area contributed by atoms with Gasteiger partial charge in [0.25, 0.3) is 0 Å². The van der Waals surface area contributed by atoms with Gasteiger partial charge in [0.15, 0.2) is 0 Å². The van der Waals surface area contributed by atoms with Crippen LogP contribution >= 0.6 is 11.6 Å². The zero-order valence-corrected chi connectivity index (χ0v) is 14.9. The molecule has 2 aromatic carbocycles. The average Bonchev–Trinajstić information content (AvgIpc) is 2.57. The van der Waals surface area contributed by atoms with E-state index in [4.69, 9.17) is 11.6 Å². The molecule has 4 nitrogen and oxygen atoms in total. The van der Waals surface area contributed by atoms with Crippen LogP contribution in [-0.4, -0.2) is 32.4 Å². The first kappa shape index (κ1) is 17.4. The Morgan fingerprint density at radius 3 is 2.42 bits per heavy atom. The van der Waals surface area contributed by atoms with Gasteiger partial charge in [0.2, 0.25) is 10.0 Å². The number of piperidine rings is 1. The Morgan fingerprint density at radius 2 is 1.75 bits per heavy atom. The van der Waals surface area contributed by atoms with Crippen molar-refractivity contribution in [2.45, 2.75) is 30.3 Å². The maximum absolute atomic E-state index is 12.4. The molecule has 1 aliphatic rings. The molecule has 1 fully saturated rings. The topological polar surface area (TPSA) is 49.4 Å². The van der Waals surface area contributed by atoms with Gasteiger partial charge in [-0.1, -0.05) is 41.9 Å². The highest BCUT2D eigenvalue weighted by Gasteiger charge is 2.24. The lowest BCUT2D eigenvalue weighted by Gasteiger charge is -2.32. The molecule has 1 saturated heterocycles. The second-order valence-corrected chi connectivity index (χ2v) is 8.27. The van der Waals surface area contributed by atoms with Crippen molar-refractivity contribution >= 4 is 21.6 Å². The van der Waals surface area contributed by atoms with E-state index in [1.807, 2.05) is 24.3 Å². The average molecular weight is 365 g/mol. The smallest absolute Gasteiger partial charge is 0.240 e. The van der Waals surface area contributed by atoms with Crippen LogP contribution in [0.3, 0.4) is 0 Å². The fourth-order valence-corrected chi connectivity index (χ4v) is 4.53. The third-order valence-corrected chi connectivity index (χ3v) is 6.03. The predicted octanol–water partition coefficient (Wildman–Crippen LogP) is 3.28. The molecule has 1 N–H and O–H groups in total. The zero-order chi connectivity index (χ0) is 17.0. The number of benzene rings is 2. The molecule has 128 valence electrons. The molecule has 0 radical (unpaired) electrons. The molecule has 24 heavy (non-hydrogen) atoms. The molecule has 0 atom stereocenters. The number of nitrogens with zero attached hydrogens (tertiary/aromatic N) is 1. The van der Waals surface area contributed by atoms with E-state index in [0.717, 1.165) is 37.5 Å². The van der Waals surface area contributed by atoms with E-state index in [-0.39, 0.29) is 6.04 Å². The van der Waals surface area contributed by atoms with Crippen LogP contribution < -0.4 is 4.72 Å². The normalized spacial score (nSPS) is 17.0. The van der Waals surface area contributed by atoms with Gasteiger partial charge in [0.1, 0.15) is 0 Å². The molecule has 0 bridgehead atoms. The summed E-state index contributed by atoms with van der Waals surface area (Å²) in [6.45, 7) is 2.59. The van der Waals surface area contributed by atoms with Crippen molar-refractivity contribution in [2.24, 2.45) is 0 Å². The summed E-state index contributed by atoms with van der Waals surface area (Å²) in [5.41, 5.74) is 1.19. The highest BCUT2D eigenvalue weighted by atomic mass is 35.5. The minimum Gasteiger partial charge on any atom is -0.299 e. The molecule has 6 heteroatoms. The van der Waals surface area contributed by atoms with Gasteiger partial charge >= 0.3 is 0 Å².